The van der Waals surface area contributed by atoms with E-state index in [1.165, 1.54) is 6.20 Å². The molecule has 0 aliphatic carbocycles. The maximum absolute atomic E-state index is 12.2. The number of pyridine rings is 1. The predicted octanol–water partition coefficient (Wildman–Crippen LogP) is 1.09. The Balaban J connectivity index is 3.14. The maximum atomic E-state index is 12.2. The molecule has 0 unspecified atom stereocenters. The third kappa shape index (κ3) is 1.50. The minimum absolute atomic E-state index is 0.0906. The summed E-state index contributed by atoms with van der Waals surface area (Å²) in [7, 11) is 0. The molecule has 0 amide bonds. The fraction of sp³-hybridized carbons (Fsp3) is 0.286. The molecule has 0 saturated heterocycles. The molecule has 1 aromatic rings. The predicted molar refractivity (Wildman–Crippen MR) is 39.5 cm³/mol. The number of hydrogen-bond donors (Lipinski definition) is 2. The third-order valence-corrected chi connectivity index (χ3v) is 1.49. The number of aliphatic hydroxyl groups is 1. The van der Waals surface area contributed by atoms with E-state index < -0.39 is 13.0 Å². The van der Waals surface area contributed by atoms with Crippen molar-refractivity contribution in [3.8, 4) is 0 Å². The van der Waals surface area contributed by atoms with Crippen LogP contribution < -0.4 is 5.73 Å². The van der Waals surface area contributed by atoms with E-state index in [4.69, 9.17) is 10.8 Å². The van der Waals surface area contributed by atoms with Crippen LogP contribution in [-0.4, -0.2) is 10.1 Å². The average molecular weight is 174 g/mol. The first-order valence-corrected chi connectivity index (χ1v) is 3.29. The third-order valence-electron chi connectivity index (χ3n) is 1.49. The smallest absolute Gasteiger partial charge is 0.265 e. The number of halogens is 2. The Morgan fingerprint density at radius 2 is 2.25 bits per heavy atom. The van der Waals surface area contributed by atoms with E-state index in [1.807, 2.05) is 0 Å². The van der Waals surface area contributed by atoms with Crippen LogP contribution in [-0.2, 0) is 6.61 Å². The summed E-state index contributed by atoms with van der Waals surface area (Å²) in [6, 6.07) is 1.14. The quantitative estimate of drug-likeness (QED) is 0.705. The van der Waals surface area contributed by atoms with E-state index in [0.717, 1.165) is 6.07 Å². The van der Waals surface area contributed by atoms with Gasteiger partial charge in [-0.3, -0.25) is 4.98 Å². The van der Waals surface area contributed by atoms with Crippen molar-refractivity contribution >= 4 is 5.69 Å². The van der Waals surface area contributed by atoms with Crippen molar-refractivity contribution in [2.45, 2.75) is 13.0 Å². The van der Waals surface area contributed by atoms with Gasteiger partial charge in [-0.2, -0.15) is 0 Å². The van der Waals surface area contributed by atoms with Crippen LogP contribution in [0.25, 0.3) is 0 Å². The van der Waals surface area contributed by atoms with Gasteiger partial charge in [0.1, 0.15) is 0 Å². The second kappa shape index (κ2) is 3.44. The van der Waals surface area contributed by atoms with Gasteiger partial charge in [-0.25, -0.2) is 8.78 Å². The number of nitrogens with two attached hydrogens (primary N) is 1. The molecule has 0 atom stereocenters. The molecule has 0 aliphatic heterocycles. The molecular weight excluding hydrogens is 166 g/mol. The topological polar surface area (TPSA) is 59.1 Å². The molecule has 3 N–H and O–H groups in total. The van der Waals surface area contributed by atoms with E-state index in [1.54, 1.807) is 0 Å². The Hall–Kier alpha value is -1.23. The molecule has 5 heteroatoms. The molecule has 12 heavy (non-hydrogen) atoms. The first-order valence-electron chi connectivity index (χ1n) is 3.29. The van der Waals surface area contributed by atoms with Gasteiger partial charge in [0, 0.05) is 11.8 Å². The van der Waals surface area contributed by atoms with Crippen LogP contribution in [0.3, 0.4) is 0 Å². The van der Waals surface area contributed by atoms with Gasteiger partial charge >= 0.3 is 0 Å². The van der Waals surface area contributed by atoms with Crippen molar-refractivity contribution in [3.63, 3.8) is 0 Å². The molecule has 0 saturated carbocycles. The Labute approximate surface area is 67.8 Å². The number of anilines is 1. The van der Waals surface area contributed by atoms with E-state index in [2.05, 4.69) is 4.98 Å². The summed E-state index contributed by atoms with van der Waals surface area (Å²) in [6.07, 6.45) is -1.43. The Morgan fingerprint density at radius 3 is 2.75 bits per heavy atom. The molecule has 0 aliphatic rings. The van der Waals surface area contributed by atoms with Crippen LogP contribution in [0, 0.1) is 0 Å². The highest BCUT2D eigenvalue weighted by molar-refractivity contribution is 5.50. The second-order valence-corrected chi connectivity index (χ2v) is 2.22. The lowest BCUT2D eigenvalue weighted by molar-refractivity contribution is 0.152. The van der Waals surface area contributed by atoms with Crippen molar-refractivity contribution in [2.75, 3.05) is 5.73 Å². The van der Waals surface area contributed by atoms with Crippen molar-refractivity contribution in [1.29, 1.82) is 0 Å². The number of nitrogens with zero attached hydrogens (tertiary/aromatic N) is 1. The highest BCUT2D eigenvalue weighted by Crippen LogP contribution is 2.25. The molecule has 3 nitrogen and oxygen atoms in total. The van der Waals surface area contributed by atoms with E-state index in [-0.39, 0.29) is 16.9 Å². The SMILES string of the molecule is Nc1c(C(F)F)ccnc1CO. The monoisotopic (exact) mass is 174 g/mol. The van der Waals surface area contributed by atoms with Crippen molar-refractivity contribution in [2.24, 2.45) is 0 Å². The molecular formula is C7H8F2N2O. The Bertz CT molecular complexity index is 278. The van der Waals surface area contributed by atoms with Gasteiger partial charge in [-0.15, -0.1) is 0 Å². The molecule has 0 fully saturated rings. The molecule has 0 spiro atoms. The summed E-state index contributed by atoms with van der Waals surface area (Å²) in [5, 5.41) is 8.64. The molecule has 1 aromatic heterocycles. The largest absolute Gasteiger partial charge is 0.397 e. The molecule has 1 heterocycles. The zero-order chi connectivity index (χ0) is 9.14. The van der Waals surface area contributed by atoms with Gasteiger partial charge in [-0.1, -0.05) is 0 Å². The van der Waals surface area contributed by atoms with Gasteiger partial charge in [0.15, 0.2) is 0 Å². The summed E-state index contributed by atoms with van der Waals surface area (Å²) < 4.78 is 24.3. The Kier molecular flexibility index (Phi) is 2.54. The van der Waals surface area contributed by atoms with Gasteiger partial charge < -0.3 is 10.8 Å². The van der Waals surface area contributed by atoms with Crippen LogP contribution in [0.4, 0.5) is 14.5 Å². The van der Waals surface area contributed by atoms with E-state index in [0.29, 0.717) is 0 Å². The summed E-state index contributed by atoms with van der Waals surface area (Å²) >= 11 is 0. The highest BCUT2D eigenvalue weighted by atomic mass is 19.3. The van der Waals surface area contributed by atoms with Crippen LogP contribution in [0.2, 0.25) is 0 Å². The van der Waals surface area contributed by atoms with Gasteiger partial charge in [0.2, 0.25) is 0 Å². The maximum Gasteiger partial charge on any atom is 0.265 e. The van der Waals surface area contributed by atoms with Crippen molar-refractivity contribution in [3.05, 3.63) is 23.5 Å². The summed E-state index contributed by atoms with van der Waals surface area (Å²) in [5.41, 5.74) is 4.97. The number of aliphatic hydroxyl groups excluding tert-OH is 1. The van der Waals surface area contributed by atoms with Crippen LogP contribution in [0.5, 0.6) is 0 Å². The molecule has 0 aromatic carbocycles. The van der Waals surface area contributed by atoms with Crippen LogP contribution >= 0.6 is 0 Å². The van der Waals surface area contributed by atoms with Crippen LogP contribution in [0.1, 0.15) is 17.7 Å². The average Bonchev–Trinajstić information content (AvgIpc) is 2.04. The van der Waals surface area contributed by atoms with Crippen LogP contribution in [0.15, 0.2) is 12.3 Å². The minimum atomic E-state index is -2.63. The lowest BCUT2D eigenvalue weighted by Crippen LogP contribution is -2.02. The fourth-order valence-electron chi connectivity index (χ4n) is 0.850. The zero-order valence-corrected chi connectivity index (χ0v) is 6.17. The lowest BCUT2D eigenvalue weighted by atomic mass is 10.2. The lowest BCUT2D eigenvalue weighted by Gasteiger charge is -2.06. The minimum Gasteiger partial charge on any atom is -0.397 e. The number of rotatable bonds is 2. The standard InChI is InChI=1S/C7H8F2N2O/c8-7(9)4-1-2-11-5(3-12)6(4)10/h1-2,7,12H,3,10H2. The van der Waals surface area contributed by atoms with Crippen molar-refractivity contribution in [1.82, 2.24) is 4.98 Å². The number of hydrogen-bond acceptors (Lipinski definition) is 3. The normalized spacial score (nSPS) is 10.7. The summed E-state index contributed by atoms with van der Waals surface area (Å²) in [5.74, 6) is 0. The summed E-state index contributed by atoms with van der Waals surface area (Å²) in [4.78, 5) is 3.63. The first-order chi connectivity index (χ1) is 5.66. The van der Waals surface area contributed by atoms with E-state index >= 15 is 0 Å². The second-order valence-electron chi connectivity index (χ2n) is 2.22. The fourth-order valence-corrected chi connectivity index (χ4v) is 0.850. The molecule has 1 rings (SSSR count). The molecule has 0 radical (unpaired) electrons. The molecule has 66 valence electrons. The number of alkyl halides is 2. The highest BCUT2D eigenvalue weighted by Gasteiger charge is 2.13. The van der Waals surface area contributed by atoms with Crippen molar-refractivity contribution < 1.29 is 13.9 Å². The zero-order valence-electron chi connectivity index (χ0n) is 6.17. The number of nitrogen functional groups attached to an aromatic ring is 1. The molecule has 0 bridgehead atoms. The van der Waals surface area contributed by atoms with Gasteiger partial charge in [0.25, 0.3) is 6.43 Å². The Morgan fingerprint density at radius 1 is 1.58 bits per heavy atom. The van der Waals surface area contributed by atoms with Gasteiger partial charge in [0.05, 0.1) is 18.0 Å². The van der Waals surface area contributed by atoms with E-state index in [9.17, 15) is 8.78 Å². The first kappa shape index (κ1) is 8.86. The van der Waals surface area contributed by atoms with Gasteiger partial charge in [-0.05, 0) is 6.07 Å². The summed E-state index contributed by atoms with van der Waals surface area (Å²) in [6.45, 7) is -0.424. The number of aromatic nitrogens is 1.